The van der Waals surface area contributed by atoms with Crippen LogP contribution in [0.1, 0.15) is 50.4 Å². The third-order valence-electron chi connectivity index (χ3n) is 6.25. The van der Waals surface area contributed by atoms with Crippen LogP contribution in [0, 0.1) is 11.8 Å². The maximum atomic E-state index is 13.2. The molecule has 9 heteroatoms. The summed E-state index contributed by atoms with van der Waals surface area (Å²) in [6.45, 7) is 8.70. The van der Waals surface area contributed by atoms with Gasteiger partial charge < -0.3 is 15.0 Å². The summed E-state index contributed by atoms with van der Waals surface area (Å²) in [5.41, 5.74) is 0.224. The summed E-state index contributed by atoms with van der Waals surface area (Å²) in [6, 6.07) is 5.35. The van der Waals surface area contributed by atoms with Gasteiger partial charge in [0.25, 0.3) is 5.91 Å². The molecule has 2 atom stereocenters. The van der Waals surface area contributed by atoms with Crippen molar-refractivity contribution in [3.63, 3.8) is 0 Å². The highest BCUT2D eigenvalue weighted by atomic mass is 32.2. The third-order valence-corrected chi connectivity index (χ3v) is 8.15. The Balaban J connectivity index is 1.74. The third kappa shape index (κ3) is 5.88. The van der Waals surface area contributed by atoms with Crippen LogP contribution in [0.25, 0.3) is 0 Å². The summed E-state index contributed by atoms with van der Waals surface area (Å²) in [4.78, 5) is 28.1. The number of carbonyl (C=O) groups is 2. The first-order chi connectivity index (χ1) is 15.2. The van der Waals surface area contributed by atoms with Crippen LogP contribution in [0.2, 0.25) is 0 Å². The Morgan fingerprint density at radius 1 is 1.09 bits per heavy atom. The Bertz CT molecular complexity index is 912. The molecule has 2 saturated heterocycles. The zero-order chi connectivity index (χ0) is 23.3. The number of carbonyl (C=O) groups excluding carboxylic acids is 2. The van der Waals surface area contributed by atoms with Gasteiger partial charge in [-0.2, -0.15) is 4.31 Å². The molecule has 2 aliphatic heterocycles. The second kappa shape index (κ2) is 10.8. The Labute approximate surface area is 191 Å². The maximum Gasteiger partial charge on any atom is 0.251 e. The minimum absolute atomic E-state index is 0.0699. The average molecular weight is 466 g/mol. The van der Waals surface area contributed by atoms with Crippen molar-refractivity contribution in [1.29, 1.82) is 0 Å². The van der Waals surface area contributed by atoms with Crippen molar-refractivity contribution in [2.24, 2.45) is 11.8 Å². The number of sulfonamides is 1. The number of nitrogens with one attached hydrogen (secondary N) is 1. The van der Waals surface area contributed by atoms with E-state index in [1.807, 2.05) is 18.7 Å². The number of likely N-dealkylation sites (tertiary alicyclic amines) is 1. The van der Waals surface area contributed by atoms with E-state index >= 15 is 0 Å². The van der Waals surface area contributed by atoms with E-state index < -0.39 is 22.0 Å². The van der Waals surface area contributed by atoms with Crippen LogP contribution in [0.4, 0.5) is 0 Å². The molecule has 2 heterocycles. The molecule has 0 spiro atoms. The molecule has 2 aliphatic rings. The number of amides is 2. The molecule has 0 radical (unpaired) electrons. The summed E-state index contributed by atoms with van der Waals surface area (Å²) >= 11 is 0. The number of rotatable bonds is 6. The fraction of sp³-hybridized carbons (Fsp3) is 0.652. The van der Waals surface area contributed by atoms with Gasteiger partial charge in [-0.3, -0.25) is 9.59 Å². The number of hydrogen-bond donors (Lipinski definition) is 1. The van der Waals surface area contributed by atoms with Gasteiger partial charge in [-0.1, -0.05) is 26.8 Å². The summed E-state index contributed by atoms with van der Waals surface area (Å²) in [7, 11) is -3.71. The maximum absolute atomic E-state index is 13.2. The molecule has 1 N–H and O–H groups in total. The van der Waals surface area contributed by atoms with Gasteiger partial charge in [0, 0.05) is 31.7 Å². The molecular weight excluding hydrogens is 430 g/mol. The monoisotopic (exact) mass is 465 g/mol. The standard InChI is InChI=1S/C23H35N3O5S/c1-17(2)21(23(28)25-10-5-6-18(3)9-11-25)24-22(27)19-7-4-8-20(16-19)32(29,30)26-12-14-31-15-13-26/h4,7-8,16-18,21H,5-6,9-15H2,1-3H3,(H,24,27). The summed E-state index contributed by atoms with van der Waals surface area (Å²) in [6.07, 6.45) is 3.03. The normalized spacial score (nSPS) is 21.8. The first-order valence-corrected chi connectivity index (χ1v) is 12.9. The van der Waals surface area contributed by atoms with E-state index in [9.17, 15) is 18.0 Å². The lowest BCUT2D eigenvalue weighted by atomic mass is 10.0. The minimum Gasteiger partial charge on any atom is -0.379 e. The predicted octanol–water partition coefficient (Wildman–Crippen LogP) is 2.11. The van der Waals surface area contributed by atoms with Crippen LogP contribution < -0.4 is 5.32 Å². The van der Waals surface area contributed by atoms with Crippen molar-refractivity contribution in [1.82, 2.24) is 14.5 Å². The Morgan fingerprint density at radius 2 is 1.81 bits per heavy atom. The topological polar surface area (TPSA) is 96.0 Å². The summed E-state index contributed by atoms with van der Waals surface area (Å²) < 4.78 is 32.5. The molecule has 0 saturated carbocycles. The molecule has 178 valence electrons. The Hall–Kier alpha value is -1.97. The zero-order valence-electron chi connectivity index (χ0n) is 19.2. The molecule has 0 bridgehead atoms. The van der Waals surface area contributed by atoms with E-state index in [2.05, 4.69) is 12.2 Å². The molecule has 3 rings (SSSR count). The van der Waals surface area contributed by atoms with Crippen molar-refractivity contribution in [3.05, 3.63) is 29.8 Å². The van der Waals surface area contributed by atoms with Crippen LogP contribution in [0.15, 0.2) is 29.2 Å². The van der Waals surface area contributed by atoms with Gasteiger partial charge in [-0.25, -0.2) is 8.42 Å². The van der Waals surface area contributed by atoms with E-state index in [1.165, 1.54) is 16.4 Å². The van der Waals surface area contributed by atoms with E-state index in [1.54, 1.807) is 12.1 Å². The van der Waals surface area contributed by atoms with Crippen LogP contribution in [0.3, 0.4) is 0 Å². The lowest BCUT2D eigenvalue weighted by Crippen LogP contribution is -2.51. The molecule has 32 heavy (non-hydrogen) atoms. The molecule has 0 aromatic heterocycles. The van der Waals surface area contributed by atoms with Crippen LogP contribution in [-0.4, -0.2) is 74.9 Å². The van der Waals surface area contributed by atoms with E-state index in [4.69, 9.17) is 4.74 Å². The van der Waals surface area contributed by atoms with E-state index in [0.29, 0.717) is 32.2 Å². The van der Waals surface area contributed by atoms with Crippen LogP contribution >= 0.6 is 0 Å². The quantitative estimate of drug-likeness (QED) is 0.694. The van der Waals surface area contributed by atoms with Crippen molar-refractivity contribution in [2.75, 3.05) is 39.4 Å². The van der Waals surface area contributed by atoms with Crippen LogP contribution in [-0.2, 0) is 19.6 Å². The van der Waals surface area contributed by atoms with Gasteiger partial charge in [0.15, 0.2) is 0 Å². The summed E-state index contributed by atoms with van der Waals surface area (Å²) in [5, 5.41) is 2.86. The molecule has 0 aliphatic carbocycles. The SMILES string of the molecule is CC1CCCN(C(=O)C(NC(=O)c2cccc(S(=O)(=O)N3CCOCC3)c2)C(C)C)CC1. The van der Waals surface area contributed by atoms with Gasteiger partial charge in [0.1, 0.15) is 6.04 Å². The Kier molecular flexibility index (Phi) is 8.30. The van der Waals surface area contributed by atoms with Gasteiger partial charge in [0.2, 0.25) is 15.9 Å². The van der Waals surface area contributed by atoms with Gasteiger partial charge in [-0.15, -0.1) is 0 Å². The number of hydrogen-bond acceptors (Lipinski definition) is 5. The Morgan fingerprint density at radius 3 is 2.50 bits per heavy atom. The lowest BCUT2D eigenvalue weighted by molar-refractivity contribution is -0.134. The zero-order valence-corrected chi connectivity index (χ0v) is 20.1. The van der Waals surface area contributed by atoms with Gasteiger partial charge in [0.05, 0.1) is 18.1 Å². The van der Waals surface area contributed by atoms with E-state index in [-0.39, 0.29) is 35.4 Å². The molecule has 2 amide bonds. The lowest BCUT2D eigenvalue weighted by Gasteiger charge is -2.29. The molecule has 1 aromatic rings. The number of ether oxygens (including phenoxy) is 1. The minimum atomic E-state index is -3.71. The first kappa shape index (κ1) is 24.7. The van der Waals surface area contributed by atoms with Gasteiger partial charge >= 0.3 is 0 Å². The van der Waals surface area contributed by atoms with Crippen LogP contribution in [0.5, 0.6) is 0 Å². The number of benzene rings is 1. The van der Waals surface area contributed by atoms with Crippen molar-refractivity contribution in [2.45, 2.75) is 51.0 Å². The van der Waals surface area contributed by atoms with E-state index in [0.717, 1.165) is 19.3 Å². The highest BCUT2D eigenvalue weighted by Gasteiger charge is 2.31. The van der Waals surface area contributed by atoms with Crippen molar-refractivity contribution in [3.8, 4) is 0 Å². The number of nitrogens with zero attached hydrogens (tertiary/aromatic N) is 2. The molecule has 2 fully saturated rings. The fourth-order valence-electron chi connectivity index (χ4n) is 4.15. The number of morpholine rings is 1. The molecule has 1 aromatic carbocycles. The van der Waals surface area contributed by atoms with Crippen molar-refractivity contribution >= 4 is 21.8 Å². The second-order valence-corrected chi connectivity index (χ2v) is 11.0. The second-order valence-electron chi connectivity index (χ2n) is 9.10. The highest BCUT2D eigenvalue weighted by molar-refractivity contribution is 7.89. The fourth-order valence-corrected chi connectivity index (χ4v) is 5.61. The van der Waals surface area contributed by atoms with Gasteiger partial charge in [-0.05, 0) is 49.3 Å². The molecular formula is C23H35N3O5S. The smallest absolute Gasteiger partial charge is 0.251 e. The average Bonchev–Trinajstić information content (AvgIpc) is 3.01. The summed E-state index contributed by atoms with van der Waals surface area (Å²) in [5.74, 6) is -0.0118. The molecule has 2 unspecified atom stereocenters. The largest absolute Gasteiger partial charge is 0.379 e. The first-order valence-electron chi connectivity index (χ1n) is 11.5. The predicted molar refractivity (Wildman–Crippen MR) is 122 cm³/mol. The molecule has 8 nitrogen and oxygen atoms in total. The highest BCUT2D eigenvalue weighted by Crippen LogP contribution is 2.20. The van der Waals surface area contributed by atoms with Crippen molar-refractivity contribution < 1.29 is 22.7 Å².